The summed E-state index contributed by atoms with van der Waals surface area (Å²) in [5.41, 5.74) is 0. The molecule has 0 aromatic heterocycles. The Morgan fingerprint density at radius 1 is 1.07 bits per heavy atom. The molecule has 78 valence electrons. The van der Waals surface area contributed by atoms with E-state index in [9.17, 15) is 23.1 Å². The van der Waals surface area contributed by atoms with E-state index in [1.54, 1.807) is 0 Å². The average molecular weight is 226 g/mol. The molecule has 0 aliphatic carbocycles. The molecule has 0 aromatic rings. The number of rotatable bonds is 7. The molecule has 0 unspecified atom stereocenters. The molecule has 0 aliphatic heterocycles. The van der Waals surface area contributed by atoms with Gasteiger partial charge in [-0.25, -0.2) is 13.2 Å². The van der Waals surface area contributed by atoms with Crippen molar-refractivity contribution in [1.82, 2.24) is 0 Å². The maximum atomic E-state index is 11.6. The van der Waals surface area contributed by atoms with Crippen molar-refractivity contribution >= 4 is 5.97 Å². The Balaban J connectivity index is 0. The first kappa shape index (κ1) is 16.6. The second kappa shape index (κ2) is 8.45. The molecule has 14 heavy (non-hydrogen) atoms. The molecule has 0 atom stereocenters. The fourth-order valence-corrected chi connectivity index (χ4v) is 0.517. The number of aliphatic carboxylic acids is 1. The number of alkyl halides is 3. The quantitative estimate of drug-likeness (QED) is 0.329. The van der Waals surface area contributed by atoms with E-state index in [4.69, 9.17) is 0 Å². The predicted molar refractivity (Wildman–Crippen MR) is 28.9 cm³/mol. The predicted octanol–water partition coefficient (Wildman–Crippen LogP) is -3.78. The Hall–Kier alpha value is 0.140. The van der Waals surface area contributed by atoms with Crippen molar-refractivity contribution in [2.24, 2.45) is 0 Å². The molecule has 0 N–H and O–H groups in total. The van der Waals surface area contributed by atoms with Gasteiger partial charge >= 0.3 is 35.5 Å². The monoisotopic (exact) mass is 226 g/mol. The van der Waals surface area contributed by atoms with Crippen molar-refractivity contribution in [1.29, 1.82) is 0 Å². The summed E-state index contributed by atoms with van der Waals surface area (Å²) in [6.07, 6.45) is 0. The third kappa shape index (κ3) is 4.58. The zero-order valence-electron chi connectivity index (χ0n) is 7.30. The summed E-state index contributed by atoms with van der Waals surface area (Å²) in [5, 5.41) is 10.2. The molecule has 0 fully saturated rings. The van der Waals surface area contributed by atoms with E-state index in [-0.39, 0.29) is 29.6 Å². The van der Waals surface area contributed by atoms with Gasteiger partial charge in [0.25, 0.3) is 0 Å². The zero-order chi connectivity index (χ0) is 10.3. The minimum Gasteiger partial charge on any atom is -0.542 e. The number of carboxylic acids is 1. The van der Waals surface area contributed by atoms with E-state index in [2.05, 4.69) is 14.2 Å². The van der Waals surface area contributed by atoms with Crippen molar-refractivity contribution in [3.63, 3.8) is 0 Å². The summed E-state index contributed by atoms with van der Waals surface area (Å²) in [7, 11) is 0. The van der Waals surface area contributed by atoms with Crippen LogP contribution in [-0.4, -0.2) is 32.5 Å². The smallest absolute Gasteiger partial charge is 0.542 e. The number of carboxylic acid groups (broad SMARTS) is 1. The van der Waals surface area contributed by atoms with Crippen molar-refractivity contribution in [3.8, 4) is 0 Å². The number of carbonyl (C=O) groups is 1. The molecule has 0 bridgehead atoms. The summed E-state index contributed by atoms with van der Waals surface area (Å²) in [6, 6.07) is 0. The van der Waals surface area contributed by atoms with Gasteiger partial charge in [-0.15, -0.1) is 0 Å². The number of hydrogen-bond acceptors (Lipinski definition) is 5. The second-order valence-electron chi connectivity index (χ2n) is 1.60. The van der Waals surface area contributed by atoms with Crippen molar-refractivity contribution in [2.75, 3.05) is 20.6 Å². The van der Waals surface area contributed by atoms with Crippen LogP contribution in [0.25, 0.3) is 0 Å². The molecule has 0 radical (unpaired) electrons. The topological polar surface area (TPSA) is 67.8 Å². The number of carbonyl (C=O) groups excluding carboxylic acids is 1. The van der Waals surface area contributed by atoms with Gasteiger partial charge in [0.05, 0.1) is 0 Å². The third-order valence-corrected chi connectivity index (χ3v) is 0.984. The van der Waals surface area contributed by atoms with Crippen LogP contribution in [0, 0.1) is 0 Å². The molecule has 0 aromatic carbocycles. The van der Waals surface area contributed by atoms with E-state index in [0.29, 0.717) is 0 Å². The molecule has 0 aliphatic rings. The summed E-state index contributed by atoms with van der Waals surface area (Å²) in [4.78, 5) is 10.2. The molecule has 0 saturated heterocycles. The van der Waals surface area contributed by atoms with Crippen molar-refractivity contribution in [2.45, 2.75) is 5.97 Å². The first-order valence-corrected chi connectivity index (χ1v) is 2.94. The first-order valence-electron chi connectivity index (χ1n) is 2.94. The van der Waals surface area contributed by atoms with Gasteiger partial charge in [0.2, 0.25) is 0 Å². The molecular formula is C5H6F3NaO5. The summed E-state index contributed by atoms with van der Waals surface area (Å²) in [6.45, 7) is -4.98. The molecular weight excluding hydrogens is 220 g/mol. The summed E-state index contributed by atoms with van der Waals surface area (Å²) in [5.74, 6) is -5.40. The van der Waals surface area contributed by atoms with Gasteiger partial charge in [-0.1, -0.05) is 0 Å². The standard InChI is InChI=1S/C5H7F3O5.Na/c6-1-11-5(4(9)10,12-2-7)13-3-8;/h1-3H2,(H,9,10);/q;+1/p-1. The van der Waals surface area contributed by atoms with Gasteiger partial charge < -0.3 is 9.90 Å². The van der Waals surface area contributed by atoms with Gasteiger partial charge in [0.15, 0.2) is 20.6 Å². The molecule has 0 amide bonds. The third-order valence-electron chi connectivity index (χ3n) is 0.984. The maximum Gasteiger partial charge on any atom is 1.00 e. The SMILES string of the molecule is O=C([O-])C(OCF)(OCF)OCF.[Na+]. The van der Waals surface area contributed by atoms with Gasteiger partial charge in [0.1, 0.15) is 5.97 Å². The Morgan fingerprint density at radius 3 is 1.50 bits per heavy atom. The molecule has 9 heteroatoms. The fourth-order valence-electron chi connectivity index (χ4n) is 0.517. The van der Waals surface area contributed by atoms with Crippen LogP contribution in [-0.2, 0) is 19.0 Å². The number of halogens is 3. The molecule has 0 heterocycles. The number of hydrogen-bond donors (Lipinski definition) is 0. The van der Waals surface area contributed by atoms with E-state index in [0.717, 1.165) is 0 Å². The molecule has 0 spiro atoms. The van der Waals surface area contributed by atoms with Gasteiger partial charge in [0, 0.05) is 0 Å². The van der Waals surface area contributed by atoms with E-state index in [1.807, 2.05) is 0 Å². The largest absolute Gasteiger partial charge is 1.00 e. The summed E-state index contributed by atoms with van der Waals surface area (Å²) < 4.78 is 45.9. The van der Waals surface area contributed by atoms with Crippen LogP contribution in [0.15, 0.2) is 0 Å². The van der Waals surface area contributed by atoms with E-state index >= 15 is 0 Å². The summed E-state index contributed by atoms with van der Waals surface area (Å²) >= 11 is 0. The van der Waals surface area contributed by atoms with Crippen LogP contribution in [0.2, 0.25) is 0 Å². The van der Waals surface area contributed by atoms with E-state index in [1.165, 1.54) is 0 Å². The fraction of sp³-hybridized carbons (Fsp3) is 0.800. The normalized spacial score (nSPS) is 10.8. The zero-order valence-corrected chi connectivity index (χ0v) is 9.30. The van der Waals surface area contributed by atoms with Crippen LogP contribution in [0.4, 0.5) is 13.2 Å². The number of ether oxygens (including phenoxy) is 3. The average Bonchev–Trinajstić information content (AvgIpc) is 2.05. The van der Waals surface area contributed by atoms with Crippen LogP contribution < -0.4 is 34.7 Å². The van der Waals surface area contributed by atoms with Crippen LogP contribution in [0.5, 0.6) is 0 Å². The van der Waals surface area contributed by atoms with E-state index < -0.39 is 32.5 Å². The Kier molecular flexibility index (Phi) is 10.00. The van der Waals surface area contributed by atoms with Gasteiger partial charge in [-0.3, -0.25) is 14.2 Å². The van der Waals surface area contributed by atoms with Gasteiger partial charge in [-0.2, -0.15) is 0 Å². The van der Waals surface area contributed by atoms with Crippen molar-refractivity contribution < 1.29 is 66.8 Å². The van der Waals surface area contributed by atoms with Crippen LogP contribution in [0.1, 0.15) is 0 Å². The Morgan fingerprint density at radius 2 is 1.36 bits per heavy atom. The molecule has 0 saturated carbocycles. The Labute approximate surface area is 99.4 Å². The molecule has 0 rings (SSSR count). The second-order valence-corrected chi connectivity index (χ2v) is 1.60. The Bertz CT molecular complexity index is 152. The van der Waals surface area contributed by atoms with Crippen molar-refractivity contribution in [3.05, 3.63) is 0 Å². The minimum absolute atomic E-state index is 0. The minimum atomic E-state index is -3.17. The van der Waals surface area contributed by atoms with Gasteiger partial charge in [-0.05, 0) is 0 Å². The maximum absolute atomic E-state index is 11.6. The van der Waals surface area contributed by atoms with Crippen LogP contribution >= 0.6 is 0 Å². The van der Waals surface area contributed by atoms with Crippen LogP contribution in [0.3, 0.4) is 0 Å². The molecule has 5 nitrogen and oxygen atoms in total. The first-order chi connectivity index (χ1) is 6.13.